The molecule has 4 aromatic rings. The number of benzene rings is 2. The first-order valence-electron chi connectivity index (χ1n) is 13.4. The Morgan fingerprint density at radius 3 is 2.41 bits per heavy atom. The first-order chi connectivity index (χ1) is 19.8. The van der Waals surface area contributed by atoms with Crippen LogP contribution in [0.1, 0.15) is 62.0 Å². The summed E-state index contributed by atoms with van der Waals surface area (Å²) in [5, 5.41) is 8.81. The van der Waals surface area contributed by atoms with Crippen LogP contribution in [0, 0.1) is 5.41 Å². The number of methoxy groups -OCH3 is 2. The third-order valence-corrected chi connectivity index (χ3v) is 7.46. The Labute approximate surface area is 237 Å². The lowest BCUT2D eigenvalue weighted by Crippen LogP contribution is -2.33. The normalized spacial score (nSPS) is 18.0. The fourth-order valence-electron chi connectivity index (χ4n) is 5.45. The molecular weight excluding hydrogens is 522 g/mol. The molecule has 0 N–H and O–H groups in total. The van der Waals surface area contributed by atoms with Gasteiger partial charge in [-0.3, -0.25) is 4.79 Å². The Bertz CT molecular complexity index is 1690. The van der Waals surface area contributed by atoms with Crippen molar-refractivity contribution in [1.82, 2.24) is 19.6 Å². The van der Waals surface area contributed by atoms with E-state index in [0.717, 1.165) is 22.6 Å². The number of allylic oxidation sites excluding steroid dienone is 2. The second kappa shape index (κ2) is 10.3. The van der Waals surface area contributed by atoms with E-state index in [-0.39, 0.29) is 17.8 Å². The first-order valence-corrected chi connectivity index (χ1v) is 13.4. The minimum absolute atomic E-state index is 0.0546. The van der Waals surface area contributed by atoms with Gasteiger partial charge in [-0.1, -0.05) is 31.1 Å². The van der Waals surface area contributed by atoms with Crippen LogP contribution >= 0.6 is 0 Å². The number of carbonyl (C=O) groups excluding carboxylic acids is 1. The third-order valence-electron chi connectivity index (χ3n) is 7.46. The molecule has 41 heavy (non-hydrogen) atoms. The Morgan fingerprint density at radius 2 is 1.73 bits per heavy atom. The summed E-state index contributed by atoms with van der Waals surface area (Å²) in [7, 11) is 3.25. The van der Waals surface area contributed by atoms with Crippen molar-refractivity contribution in [2.24, 2.45) is 10.6 Å². The number of nitrogens with zero attached hydrogens (tertiary/aromatic N) is 5. The summed E-state index contributed by atoms with van der Waals surface area (Å²) in [4.78, 5) is 28.6. The van der Waals surface area contributed by atoms with Crippen LogP contribution in [0.5, 0.6) is 17.4 Å². The highest BCUT2D eigenvalue weighted by Gasteiger charge is 2.44. The number of Topliss-reactive ketones (excluding diaryl/α,β-unsaturated/α-hetero) is 1. The number of carbonyl (C=O) groups is 1. The maximum absolute atomic E-state index is 13.6. The molecule has 0 saturated carbocycles. The Hall–Kier alpha value is -4.73. The standard InChI is InChI=1S/C31H31N5O5/c1-18(19-6-10-21(38-4)11-7-19)35-40-16-25-33-29-28-26(20-8-12-22(39-5)13-9-20)27-23(37)14-31(2,3)15-24(27)41-30(28)32-17-36(29)34-25/h6-13,17,26H,14-16H2,1-5H3. The summed E-state index contributed by atoms with van der Waals surface area (Å²) < 4.78 is 18.5. The summed E-state index contributed by atoms with van der Waals surface area (Å²) >= 11 is 0. The monoisotopic (exact) mass is 553 g/mol. The van der Waals surface area contributed by atoms with Crippen LogP contribution in [-0.2, 0) is 16.2 Å². The Kier molecular flexibility index (Phi) is 6.69. The van der Waals surface area contributed by atoms with Gasteiger partial charge in [-0.2, -0.15) is 0 Å². The van der Waals surface area contributed by atoms with Crippen molar-refractivity contribution in [3.63, 3.8) is 0 Å². The lowest BCUT2D eigenvalue weighted by molar-refractivity contribution is -0.118. The van der Waals surface area contributed by atoms with Gasteiger partial charge in [-0.25, -0.2) is 14.5 Å². The van der Waals surface area contributed by atoms with Gasteiger partial charge in [0.05, 0.1) is 25.5 Å². The molecule has 0 radical (unpaired) electrons. The van der Waals surface area contributed by atoms with Crippen molar-refractivity contribution >= 4 is 17.1 Å². The van der Waals surface area contributed by atoms with Crippen molar-refractivity contribution < 1.29 is 23.8 Å². The zero-order valence-corrected chi connectivity index (χ0v) is 23.7. The number of rotatable bonds is 7. The first kappa shape index (κ1) is 26.5. The van der Waals surface area contributed by atoms with Crippen LogP contribution in [0.3, 0.4) is 0 Å². The molecule has 0 fully saturated rings. The molecule has 0 saturated heterocycles. The number of hydrogen-bond donors (Lipinski definition) is 0. The molecule has 0 bridgehead atoms. The lowest BCUT2D eigenvalue weighted by Gasteiger charge is -2.37. The van der Waals surface area contributed by atoms with E-state index in [0.29, 0.717) is 52.8 Å². The van der Waals surface area contributed by atoms with Gasteiger partial charge in [0.25, 0.3) is 0 Å². The molecule has 6 rings (SSSR count). The van der Waals surface area contributed by atoms with Crippen molar-refractivity contribution in [1.29, 1.82) is 0 Å². The molecular formula is C31H31N5O5. The fraction of sp³-hybridized carbons (Fsp3) is 0.323. The second-order valence-electron chi connectivity index (χ2n) is 11.0. The Morgan fingerprint density at radius 1 is 1.05 bits per heavy atom. The summed E-state index contributed by atoms with van der Waals surface area (Å²) in [5.41, 5.74) is 4.24. The quantitative estimate of drug-likeness (QED) is 0.226. The fourth-order valence-corrected chi connectivity index (χ4v) is 5.45. The van der Waals surface area contributed by atoms with E-state index in [2.05, 4.69) is 29.1 Å². The van der Waals surface area contributed by atoms with Crippen LogP contribution in [0.2, 0.25) is 0 Å². The maximum atomic E-state index is 13.6. The zero-order valence-electron chi connectivity index (χ0n) is 23.7. The molecule has 1 aliphatic carbocycles. The summed E-state index contributed by atoms with van der Waals surface area (Å²) in [6, 6.07) is 15.3. The summed E-state index contributed by atoms with van der Waals surface area (Å²) in [5.74, 6) is 2.68. The molecule has 1 atom stereocenters. The van der Waals surface area contributed by atoms with Crippen LogP contribution < -0.4 is 14.2 Å². The molecule has 0 spiro atoms. The van der Waals surface area contributed by atoms with E-state index in [1.807, 2.05) is 55.5 Å². The topological polar surface area (TPSA) is 109 Å². The molecule has 10 nitrogen and oxygen atoms in total. The highest BCUT2D eigenvalue weighted by Crippen LogP contribution is 2.50. The van der Waals surface area contributed by atoms with E-state index in [1.165, 1.54) is 0 Å². The van der Waals surface area contributed by atoms with Crippen LogP contribution in [0.15, 0.2) is 71.3 Å². The number of ketones is 1. The van der Waals surface area contributed by atoms with Gasteiger partial charge in [-0.15, -0.1) is 5.10 Å². The number of fused-ring (bicyclic) bond motifs is 3. The molecule has 10 heteroatoms. The maximum Gasteiger partial charge on any atom is 0.228 e. The number of oxime groups is 1. The van der Waals surface area contributed by atoms with Gasteiger partial charge < -0.3 is 19.0 Å². The molecule has 0 amide bonds. The van der Waals surface area contributed by atoms with Crippen LogP contribution in [0.4, 0.5) is 0 Å². The van der Waals surface area contributed by atoms with Gasteiger partial charge in [0, 0.05) is 24.3 Å². The summed E-state index contributed by atoms with van der Waals surface area (Å²) in [6.45, 7) is 6.08. The highest BCUT2D eigenvalue weighted by molar-refractivity contribution is 6.00. The van der Waals surface area contributed by atoms with E-state index in [4.69, 9.17) is 24.0 Å². The van der Waals surface area contributed by atoms with Crippen LogP contribution in [0.25, 0.3) is 5.65 Å². The molecule has 210 valence electrons. The summed E-state index contributed by atoms with van der Waals surface area (Å²) in [6.07, 6.45) is 2.65. The molecule has 1 unspecified atom stereocenters. The predicted molar refractivity (Wildman–Crippen MR) is 151 cm³/mol. The largest absolute Gasteiger partial charge is 0.497 e. The van der Waals surface area contributed by atoms with Crippen LogP contribution in [-0.4, -0.2) is 45.3 Å². The van der Waals surface area contributed by atoms with Crippen molar-refractivity contribution in [2.45, 2.75) is 46.1 Å². The average Bonchev–Trinajstić information content (AvgIpc) is 3.38. The average molecular weight is 554 g/mol. The highest BCUT2D eigenvalue weighted by atomic mass is 16.6. The third kappa shape index (κ3) is 5.01. The Balaban J connectivity index is 1.36. The van der Waals surface area contributed by atoms with E-state index in [1.54, 1.807) is 25.1 Å². The predicted octanol–water partition coefficient (Wildman–Crippen LogP) is 5.25. The van der Waals surface area contributed by atoms with Gasteiger partial charge in [0.15, 0.2) is 23.9 Å². The minimum atomic E-state index is -0.409. The minimum Gasteiger partial charge on any atom is -0.497 e. The number of hydrogen-bond acceptors (Lipinski definition) is 9. The van der Waals surface area contributed by atoms with E-state index in [9.17, 15) is 4.79 Å². The number of aromatic nitrogens is 4. The SMILES string of the molecule is COc1ccc(C(C)=NOCc2nc3c4c(ncn3n2)OC2=C(C(=O)CC(C)(C)C2)C4c2ccc(OC)cc2)cc1. The van der Waals surface area contributed by atoms with Crippen molar-refractivity contribution in [2.75, 3.05) is 14.2 Å². The van der Waals surface area contributed by atoms with E-state index >= 15 is 0 Å². The molecule has 2 aliphatic rings. The molecule has 2 aromatic heterocycles. The zero-order chi connectivity index (χ0) is 28.7. The number of ether oxygens (including phenoxy) is 3. The molecule has 3 heterocycles. The van der Waals surface area contributed by atoms with Gasteiger partial charge >= 0.3 is 0 Å². The van der Waals surface area contributed by atoms with E-state index < -0.39 is 5.92 Å². The van der Waals surface area contributed by atoms with Gasteiger partial charge in [0.2, 0.25) is 5.88 Å². The van der Waals surface area contributed by atoms with Gasteiger partial charge in [0.1, 0.15) is 23.6 Å². The smallest absolute Gasteiger partial charge is 0.228 e. The second-order valence-corrected chi connectivity index (χ2v) is 11.0. The molecule has 1 aliphatic heterocycles. The van der Waals surface area contributed by atoms with Crippen molar-refractivity contribution in [3.05, 3.63) is 88.7 Å². The van der Waals surface area contributed by atoms with Crippen molar-refractivity contribution in [3.8, 4) is 17.4 Å². The van der Waals surface area contributed by atoms with Gasteiger partial charge in [-0.05, 0) is 59.9 Å². The lowest BCUT2D eigenvalue weighted by atomic mass is 9.70. The molecule has 2 aromatic carbocycles.